The number of carbonyl (C=O) groups is 2. The van der Waals surface area contributed by atoms with Crippen LogP contribution in [0.15, 0.2) is 30.3 Å². The minimum atomic E-state index is -0.347. The second-order valence-electron chi connectivity index (χ2n) is 6.40. The summed E-state index contributed by atoms with van der Waals surface area (Å²) < 4.78 is 4.93. The third-order valence-corrected chi connectivity index (χ3v) is 6.11. The molecule has 1 saturated carbocycles. The Bertz CT molecular complexity index is 796. The molecule has 0 unspecified atom stereocenters. The Morgan fingerprint density at radius 2 is 2.00 bits per heavy atom. The molecule has 1 amide bonds. The SMILES string of the molecule is COC(=O)c1c(NC(=O)[C@H]2C[C@@H]2c2ccccc2)sc2c1CCC2. The number of methoxy groups -OCH3 is 1. The van der Waals surface area contributed by atoms with Crippen molar-refractivity contribution in [2.75, 3.05) is 12.4 Å². The van der Waals surface area contributed by atoms with Crippen LogP contribution in [0.2, 0.25) is 0 Å². The zero-order valence-electron chi connectivity index (χ0n) is 13.5. The van der Waals surface area contributed by atoms with Gasteiger partial charge in [-0.25, -0.2) is 4.79 Å². The van der Waals surface area contributed by atoms with Crippen molar-refractivity contribution in [1.82, 2.24) is 0 Å². The number of benzene rings is 1. The largest absolute Gasteiger partial charge is 0.465 e. The highest BCUT2D eigenvalue weighted by molar-refractivity contribution is 7.17. The maximum absolute atomic E-state index is 12.6. The van der Waals surface area contributed by atoms with Crippen LogP contribution < -0.4 is 5.32 Å². The fourth-order valence-electron chi connectivity index (χ4n) is 3.57. The summed E-state index contributed by atoms with van der Waals surface area (Å²) in [6, 6.07) is 10.1. The molecule has 0 bridgehead atoms. The zero-order chi connectivity index (χ0) is 16.7. The topological polar surface area (TPSA) is 55.4 Å². The van der Waals surface area contributed by atoms with Crippen LogP contribution >= 0.6 is 11.3 Å². The van der Waals surface area contributed by atoms with E-state index in [0.717, 1.165) is 31.2 Å². The monoisotopic (exact) mass is 341 g/mol. The van der Waals surface area contributed by atoms with Gasteiger partial charge in [0.25, 0.3) is 0 Å². The number of thiophene rings is 1. The van der Waals surface area contributed by atoms with Gasteiger partial charge in [-0.3, -0.25) is 4.79 Å². The number of esters is 1. The van der Waals surface area contributed by atoms with Crippen LogP contribution in [0.5, 0.6) is 0 Å². The van der Waals surface area contributed by atoms with Crippen molar-refractivity contribution in [3.63, 3.8) is 0 Å². The summed E-state index contributed by atoms with van der Waals surface area (Å²) in [6.07, 6.45) is 3.81. The number of ether oxygens (including phenoxy) is 1. The van der Waals surface area contributed by atoms with Crippen molar-refractivity contribution >= 4 is 28.2 Å². The molecule has 2 aliphatic carbocycles. The van der Waals surface area contributed by atoms with Crippen molar-refractivity contribution in [3.05, 3.63) is 51.9 Å². The van der Waals surface area contributed by atoms with Crippen LogP contribution in [-0.2, 0) is 22.4 Å². The molecule has 0 spiro atoms. The quantitative estimate of drug-likeness (QED) is 0.862. The van der Waals surface area contributed by atoms with E-state index in [1.807, 2.05) is 18.2 Å². The van der Waals surface area contributed by atoms with Crippen molar-refractivity contribution < 1.29 is 14.3 Å². The highest BCUT2D eigenvalue weighted by Crippen LogP contribution is 2.48. The second-order valence-corrected chi connectivity index (χ2v) is 7.51. The summed E-state index contributed by atoms with van der Waals surface area (Å²) in [6.45, 7) is 0. The predicted octanol–water partition coefficient (Wildman–Crippen LogP) is 3.77. The van der Waals surface area contributed by atoms with Gasteiger partial charge in [-0.2, -0.15) is 0 Å². The molecule has 5 heteroatoms. The second kappa shape index (κ2) is 6.06. The first-order chi connectivity index (χ1) is 11.7. The molecule has 1 heterocycles. The van der Waals surface area contributed by atoms with Gasteiger partial charge in [0.15, 0.2) is 0 Å². The summed E-state index contributed by atoms with van der Waals surface area (Å²) in [5.74, 6) is -0.0524. The molecule has 124 valence electrons. The average molecular weight is 341 g/mol. The van der Waals surface area contributed by atoms with Gasteiger partial charge in [-0.15, -0.1) is 11.3 Å². The van der Waals surface area contributed by atoms with E-state index in [4.69, 9.17) is 4.74 Å². The predicted molar refractivity (Wildman–Crippen MR) is 93.6 cm³/mol. The van der Waals surface area contributed by atoms with Gasteiger partial charge in [-0.1, -0.05) is 30.3 Å². The zero-order valence-corrected chi connectivity index (χ0v) is 14.3. The highest BCUT2D eigenvalue weighted by atomic mass is 32.1. The molecule has 4 rings (SSSR count). The molecule has 1 fully saturated rings. The fraction of sp³-hybridized carbons (Fsp3) is 0.368. The van der Waals surface area contributed by atoms with E-state index < -0.39 is 0 Å². The van der Waals surface area contributed by atoms with Crippen LogP contribution in [0.25, 0.3) is 0 Å². The van der Waals surface area contributed by atoms with E-state index in [9.17, 15) is 9.59 Å². The first-order valence-electron chi connectivity index (χ1n) is 8.27. The Hall–Kier alpha value is -2.14. The van der Waals surface area contributed by atoms with Crippen LogP contribution in [0.1, 0.15) is 45.1 Å². The van der Waals surface area contributed by atoms with Crippen molar-refractivity contribution in [2.24, 2.45) is 5.92 Å². The Morgan fingerprint density at radius 3 is 2.75 bits per heavy atom. The summed E-state index contributed by atoms with van der Waals surface area (Å²) in [7, 11) is 1.39. The molecular formula is C19H19NO3S. The Balaban J connectivity index is 1.52. The normalized spacial score (nSPS) is 21.2. The average Bonchev–Trinajstić information content (AvgIpc) is 3.17. The van der Waals surface area contributed by atoms with Gasteiger partial charge in [0.05, 0.1) is 12.7 Å². The number of aryl methyl sites for hydroxylation is 1. The summed E-state index contributed by atoms with van der Waals surface area (Å²) in [5.41, 5.74) is 2.84. The number of nitrogens with one attached hydrogen (secondary N) is 1. The molecule has 1 aromatic carbocycles. The minimum Gasteiger partial charge on any atom is -0.465 e. The van der Waals surface area contributed by atoms with E-state index in [2.05, 4.69) is 17.4 Å². The third kappa shape index (κ3) is 2.63. The minimum absolute atomic E-state index is 0.00478. The molecule has 2 aromatic rings. The molecule has 0 radical (unpaired) electrons. The van der Waals surface area contributed by atoms with Crippen LogP contribution in [0, 0.1) is 5.92 Å². The van der Waals surface area contributed by atoms with E-state index in [1.165, 1.54) is 28.9 Å². The highest BCUT2D eigenvalue weighted by Gasteiger charge is 2.44. The molecule has 2 aliphatic rings. The maximum atomic E-state index is 12.6. The van der Waals surface area contributed by atoms with Gasteiger partial charge < -0.3 is 10.1 Å². The van der Waals surface area contributed by atoms with Gasteiger partial charge in [0.2, 0.25) is 5.91 Å². The number of carbonyl (C=O) groups excluding carboxylic acids is 2. The van der Waals surface area contributed by atoms with E-state index in [0.29, 0.717) is 16.5 Å². The lowest BCUT2D eigenvalue weighted by Gasteiger charge is -2.07. The summed E-state index contributed by atoms with van der Waals surface area (Å²) in [5, 5.41) is 3.66. The number of hydrogen-bond donors (Lipinski definition) is 1. The third-order valence-electron chi connectivity index (χ3n) is 4.90. The molecule has 24 heavy (non-hydrogen) atoms. The first-order valence-corrected chi connectivity index (χ1v) is 9.09. The maximum Gasteiger partial charge on any atom is 0.341 e. The lowest BCUT2D eigenvalue weighted by Crippen LogP contribution is -2.16. The summed E-state index contributed by atoms with van der Waals surface area (Å²) in [4.78, 5) is 25.9. The van der Waals surface area contributed by atoms with Crippen LogP contribution in [-0.4, -0.2) is 19.0 Å². The Labute approximate surface area is 144 Å². The number of anilines is 1. The lowest BCUT2D eigenvalue weighted by molar-refractivity contribution is -0.117. The van der Waals surface area contributed by atoms with Crippen LogP contribution in [0.3, 0.4) is 0 Å². The Kier molecular flexibility index (Phi) is 3.88. The van der Waals surface area contributed by atoms with Gasteiger partial charge in [0.1, 0.15) is 5.00 Å². The number of fused-ring (bicyclic) bond motifs is 1. The molecule has 1 N–H and O–H groups in total. The van der Waals surface area contributed by atoms with Gasteiger partial charge in [0, 0.05) is 10.8 Å². The fourth-order valence-corrected chi connectivity index (χ4v) is 4.85. The van der Waals surface area contributed by atoms with Gasteiger partial charge in [-0.05, 0) is 42.7 Å². The Morgan fingerprint density at radius 1 is 1.21 bits per heavy atom. The van der Waals surface area contributed by atoms with Crippen molar-refractivity contribution in [1.29, 1.82) is 0 Å². The molecule has 0 saturated heterocycles. The van der Waals surface area contributed by atoms with Crippen LogP contribution in [0.4, 0.5) is 5.00 Å². The molecule has 2 atom stereocenters. The standard InChI is InChI=1S/C19H19NO3S/c1-23-19(22)16-12-8-5-9-15(12)24-18(16)20-17(21)14-10-13(14)11-6-3-2-4-7-11/h2-4,6-7,13-14H,5,8-10H2,1H3,(H,20,21)/t13-,14+/m1/s1. The van der Waals surface area contributed by atoms with Gasteiger partial charge >= 0.3 is 5.97 Å². The number of amides is 1. The number of rotatable bonds is 4. The molecular weight excluding hydrogens is 322 g/mol. The van der Waals surface area contributed by atoms with Crippen molar-refractivity contribution in [2.45, 2.75) is 31.6 Å². The number of hydrogen-bond acceptors (Lipinski definition) is 4. The lowest BCUT2D eigenvalue weighted by atomic mass is 10.1. The first kappa shape index (κ1) is 15.4. The van der Waals surface area contributed by atoms with E-state index in [-0.39, 0.29) is 17.8 Å². The van der Waals surface area contributed by atoms with E-state index >= 15 is 0 Å². The smallest absolute Gasteiger partial charge is 0.341 e. The van der Waals surface area contributed by atoms with Crippen molar-refractivity contribution in [3.8, 4) is 0 Å². The molecule has 4 nitrogen and oxygen atoms in total. The summed E-state index contributed by atoms with van der Waals surface area (Å²) >= 11 is 1.53. The van der Waals surface area contributed by atoms with E-state index in [1.54, 1.807) is 0 Å². The molecule has 0 aliphatic heterocycles. The molecule has 1 aromatic heterocycles.